The fourth-order valence-corrected chi connectivity index (χ4v) is 5.74. The largest absolute Gasteiger partial charge is 0.394 e. The highest BCUT2D eigenvalue weighted by molar-refractivity contribution is 7.13. The number of hydrogen-bond donors (Lipinski definition) is 2. The van der Waals surface area contributed by atoms with Crippen LogP contribution in [0.2, 0.25) is 0 Å². The summed E-state index contributed by atoms with van der Waals surface area (Å²) in [6, 6.07) is 0.513. The van der Waals surface area contributed by atoms with Gasteiger partial charge in [0.1, 0.15) is 0 Å². The van der Waals surface area contributed by atoms with Gasteiger partial charge in [-0.3, -0.25) is 0 Å². The molecule has 4 nitrogen and oxygen atoms in total. The minimum atomic E-state index is -0.0881. The predicted molar refractivity (Wildman–Crippen MR) is 97.1 cm³/mol. The molecule has 1 aliphatic carbocycles. The molecule has 2 atom stereocenters. The van der Waals surface area contributed by atoms with E-state index < -0.39 is 0 Å². The van der Waals surface area contributed by atoms with E-state index in [9.17, 15) is 5.11 Å². The van der Waals surface area contributed by atoms with Crippen molar-refractivity contribution in [1.29, 1.82) is 0 Å². The summed E-state index contributed by atoms with van der Waals surface area (Å²) in [5, 5.41) is 17.2. The summed E-state index contributed by atoms with van der Waals surface area (Å²) < 4.78 is 0. The predicted octanol–water partition coefficient (Wildman–Crippen LogP) is 3.28. The van der Waals surface area contributed by atoms with E-state index in [-0.39, 0.29) is 12.1 Å². The topological polar surface area (TPSA) is 48.4 Å². The number of nitrogens with one attached hydrogen (secondary N) is 1. The summed E-state index contributed by atoms with van der Waals surface area (Å²) in [6.07, 6.45) is 7.59. The van der Waals surface area contributed by atoms with Crippen molar-refractivity contribution in [2.24, 2.45) is 11.3 Å². The van der Waals surface area contributed by atoms with Crippen molar-refractivity contribution in [3.8, 4) is 0 Å². The van der Waals surface area contributed by atoms with E-state index in [2.05, 4.69) is 36.0 Å². The zero-order chi connectivity index (χ0) is 16.5. The Kier molecular flexibility index (Phi) is 5.00. The molecule has 3 rings (SSSR count). The van der Waals surface area contributed by atoms with Crippen molar-refractivity contribution < 1.29 is 5.11 Å². The van der Waals surface area contributed by atoms with Crippen LogP contribution >= 0.6 is 11.3 Å². The second-order valence-electron chi connectivity index (χ2n) is 8.51. The van der Waals surface area contributed by atoms with Gasteiger partial charge in [-0.1, -0.05) is 20.8 Å². The summed E-state index contributed by atoms with van der Waals surface area (Å²) in [5.41, 5.74) is 0.226. The first-order valence-corrected chi connectivity index (χ1v) is 9.82. The molecule has 0 spiro atoms. The van der Waals surface area contributed by atoms with Crippen LogP contribution in [0.25, 0.3) is 0 Å². The highest BCUT2D eigenvalue weighted by atomic mass is 32.1. The van der Waals surface area contributed by atoms with Gasteiger partial charge in [-0.15, -0.1) is 11.3 Å². The van der Waals surface area contributed by atoms with Crippen LogP contribution in [-0.2, 0) is 0 Å². The SMILES string of the molecule is CC1CC(C)(C)CC(CO)(NC2CCN(c3nccs3)CC2)C1. The summed E-state index contributed by atoms with van der Waals surface area (Å²) in [7, 11) is 0. The Bertz CT molecular complexity index is 496. The molecule has 0 bridgehead atoms. The van der Waals surface area contributed by atoms with Gasteiger partial charge in [0.05, 0.1) is 6.61 Å². The average molecular weight is 338 g/mol. The van der Waals surface area contributed by atoms with Crippen LogP contribution in [0.15, 0.2) is 11.6 Å². The van der Waals surface area contributed by atoms with Gasteiger partial charge in [-0.05, 0) is 43.4 Å². The second kappa shape index (κ2) is 6.69. The average Bonchev–Trinajstić information content (AvgIpc) is 3.00. The van der Waals surface area contributed by atoms with Crippen molar-refractivity contribution >= 4 is 16.5 Å². The van der Waals surface area contributed by atoms with E-state index in [1.54, 1.807) is 11.3 Å². The fraction of sp³-hybridized carbons (Fsp3) is 0.833. The number of aromatic nitrogens is 1. The molecular weight excluding hydrogens is 306 g/mol. The summed E-state index contributed by atoms with van der Waals surface area (Å²) >= 11 is 1.72. The Hall–Kier alpha value is -0.650. The maximum atomic E-state index is 10.1. The minimum absolute atomic E-state index is 0.0881. The molecule has 2 N–H and O–H groups in total. The molecule has 1 aliphatic heterocycles. The van der Waals surface area contributed by atoms with Crippen LogP contribution in [0, 0.1) is 11.3 Å². The lowest BCUT2D eigenvalue weighted by Crippen LogP contribution is -2.60. The zero-order valence-electron chi connectivity index (χ0n) is 14.7. The number of thiazole rings is 1. The molecular formula is C18H31N3OS. The first-order chi connectivity index (χ1) is 10.9. The second-order valence-corrected chi connectivity index (χ2v) is 9.39. The van der Waals surface area contributed by atoms with Crippen molar-refractivity contribution in [2.45, 2.75) is 64.5 Å². The molecule has 1 saturated heterocycles. The van der Waals surface area contributed by atoms with Crippen LogP contribution in [0.5, 0.6) is 0 Å². The van der Waals surface area contributed by atoms with E-state index in [1.807, 2.05) is 11.6 Å². The Morgan fingerprint density at radius 3 is 2.65 bits per heavy atom. The van der Waals surface area contributed by atoms with Crippen LogP contribution in [-0.4, -0.2) is 41.4 Å². The smallest absolute Gasteiger partial charge is 0.185 e. The van der Waals surface area contributed by atoms with Crippen molar-refractivity contribution in [3.63, 3.8) is 0 Å². The molecule has 130 valence electrons. The lowest BCUT2D eigenvalue weighted by atomic mass is 9.64. The van der Waals surface area contributed by atoms with Gasteiger partial charge < -0.3 is 15.3 Å². The standard InChI is InChI=1S/C18H31N3OS/c1-14-10-17(2,3)12-18(11-14,13-22)20-15-4-7-21(8-5-15)16-19-6-9-23-16/h6,9,14-15,20,22H,4-5,7-8,10-13H2,1-3H3. The van der Waals surface area contributed by atoms with Gasteiger partial charge in [0.15, 0.2) is 5.13 Å². The molecule has 1 aromatic heterocycles. The molecule has 0 aromatic carbocycles. The number of aliphatic hydroxyl groups excluding tert-OH is 1. The normalized spacial score (nSPS) is 32.2. The van der Waals surface area contributed by atoms with Crippen molar-refractivity contribution in [2.75, 3.05) is 24.6 Å². The van der Waals surface area contributed by atoms with E-state index in [1.165, 1.54) is 6.42 Å². The van der Waals surface area contributed by atoms with Crippen LogP contribution in [0.1, 0.15) is 52.9 Å². The zero-order valence-corrected chi connectivity index (χ0v) is 15.5. The lowest BCUT2D eigenvalue weighted by Gasteiger charge is -2.49. The number of rotatable bonds is 4. The van der Waals surface area contributed by atoms with E-state index in [0.717, 1.165) is 43.9 Å². The Balaban J connectivity index is 1.60. The summed E-state index contributed by atoms with van der Waals surface area (Å²) in [5.74, 6) is 0.675. The molecule has 2 heterocycles. The van der Waals surface area contributed by atoms with Gasteiger partial charge in [0.25, 0.3) is 0 Å². The van der Waals surface area contributed by atoms with Gasteiger partial charge in [0.2, 0.25) is 0 Å². The number of aliphatic hydroxyl groups is 1. The monoisotopic (exact) mass is 337 g/mol. The first kappa shape index (κ1) is 17.2. The Morgan fingerprint density at radius 1 is 1.35 bits per heavy atom. The van der Waals surface area contributed by atoms with Gasteiger partial charge in [-0.2, -0.15) is 0 Å². The molecule has 2 fully saturated rings. The molecule has 0 amide bonds. The minimum Gasteiger partial charge on any atom is -0.394 e. The highest BCUT2D eigenvalue weighted by Crippen LogP contribution is 2.44. The molecule has 2 unspecified atom stereocenters. The summed E-state index contributed by atoms with van der Waals surface area (Å²) in [4.78, 5) is 6.81. The summed E-state index contributed by atoms with van der Waals surface area (Å²) in [6.45, 7) is 9.41. The molecule has 0 radical (unpaired) electrons. The first-order valence-electron chi connectivity index (χ1n) is 8.94. The highest BCUT2D eigenvalue weighted by Gasteiger charge is 2.43. The molecule has 2 aliphatic rings. The molecule has 1 aromatic rings. The number of nitrogens with zero attached hydrogens (tertiary/aromatic N) is 2. The van der Waals surface area contributed by atoms with Crippen LogP contribution < -0.4 is 10.2 Å². The number of piperidine rings is 1. The van der Waals surface area contributed by atoms with Crippen molar-refractivity contribution in [3.05, 3.63) is 11.6 Å². The Labute approximate surface area is 144 Å². The third-order valence-electron chi connectivity index (χ3n) is 5.45. The van der Waals surface area contributed by atoms with Crippen LogP contribution in [0.3, 0.4) is 0 Å². The number of anilines is 1. The lowest BCUT2D eigenvalue weighted by molar-refractivity contribution is 0.0263. The van der Waals surface area contributed by atoms with Gasteiger partial charge >= 0.3 is 0 Å². The third-order valence-corrected chi connectivity index (χ3v) is 6.29. The molecule has 5 heteroatoms. The maximum Gasteiger partial charge on any atom is 0.185 e. The molecule has 1 saturated carbocycles. The van der Waals surface area contributed by atoms with Gasteiger partial charge in [-0.25, -0.2) is 4.98 Å². The fourth-order valence-electron chi connectivity index (χ4n) is 5.04. The van der Waals surface area contributed by atoms with Crippen LogP contribution in [0.4, 0.5) is 5.13 Å². The molecule has 23 heavy (non-hydrogen) atoms. The third kappa shape index (κ3) is 4.06. The van der Waals surface area contributed by atoms with E-state index >= 15 is 0 Å². The maximum absolute atomic E-state index is 10.1. The van der Waals surface area contributed by atoms with Gasteiger partial charge in [0, 0.05) is 36.2 Å². The van der Waals surface area contributed by atoms with E-state index in [0.29, 0.717) is 17.4 Å². The Morgan fingerprint density at radius 2 is 2.09 bits per heavy atom. The number of hydrogen-bond acceptors (Lipinski definition) is 5. The van der Waals surface area contributed by atoms with Crippen molar-refractivity contribution in [1.82, 2.24) is 10.3 Å². The van der Waals surface area contributed by atoms with E-state index in [4.69, 9.17) is 0 Å². The quantitative estimate of drug-likeness (QED) is 0.885.